The zero-order valence-electron chi connectivity index (χ0n) is 12.2. The zero-order chi connectivity index (χ0) is 15.0. The van der Waals surface area contributed by atoms with E-state index in [1.165, 1.54) is 22.6 Å². The summed E-state index contributed by atoms with van der Waals surface area (Å²) in [5.74, 6) is -0.416. The van der Waals surface area contributed by atoms with Gasteiger partial charge in [-0.3, -0.25) is 0 Å². The van der Waals surface area contributed by atoms with Gasteiger partial charge in [0.15, 0.2) is 0 Å². The predicted molar refractivity (Wildman–Crippen MR) is 86.3 cm³/mol. The molecule has 2 N–H and O–H groups in total. The van der Waals surface area contributed by atoms with Gasteiger partial charge in [0.1, 0.15) is 4.88 Å². The maximum Gasteiger partial charge on any atom is 0.346 e. The molecule has 2 aromatic rings. The molecule has 0 radical (unpaired) electrons. The van der Waals surface area contributed by atoms with Gasteiger partial charge < -0.3 is 10.4 Å². The van der Waals surface area contributed by atoms with Crippen LogP contribution in [0.4, 0.5) is 5.69 Å². The molecule has 0 saturated heterocycles. The Balaban J connectivity index is 1.94. The molecule has 1 aromatic carbocycles. The second kappa shape index (κ2) is 5.19. The molecule has 2 heterocycles. The third kappa shape index (κ3) is 2.44. The Bertz CT molecular complexity index is 650. The van der Waals surface area contributed by atoms with Crippen LogP contribution in [-0.2, 0) is 12.8 Å². The lowest BCUT2D eigenvalue weighted by atomic mass is 9.79. The molecule has 0 aliphatic carbocycles. The van der Waals surface area contributed by atoms with E-state index >= 15 is 0 Å². The lowest BCUT2D eigenvalue weighted by Crippen LogP contribution is -2.44. The molecule has 3 rings (SSSR count). The molecule has 21 heavy (non-hydrogen) atoms. The Labute approximate surface area is 128 Å². The third-order valence-electron chi connectivity index (χ3n) is 4.46. The van der Waals surface area contributed by atoms with E-state index in [0.29, 0.717) is 10.8 Å². The minimum Gasteiger partial charge on any atom is -0.477 e. The number of hydrogen-bond acceptors (Lipinski definition) is 3. The summed E-state index contributed by atoms with van der Waals surface area (Å²) in [6.45, 7) is 4.40. The minimum absolute atomic E-state index is 0.102. The number of carbonyl (C=O) groups is 1. The van der Waals surface area contributed by atoms with E-state index in [1.54, 1.807) is 0 Å². The summed E-state index contributed by atoms with van der Waals surface area (Å²) in [6.07, 6.45) is 1.68. The van der Waals surface area contributed by atoms with Gasteiger partial charge in [-0.05, 0) is 47.4 Å². The first-order chi connectivity index (χ1) is 10.0. The first kappa shape index (κ1) is 14.1. The Morgan fingerprint density at radius 2 is 2.14 bits per heavy atom. The average molecular weight is 301 g/mol. The minimum atomic E-state index is -0.825. The molecule has 1 unspecified atom stereocenters. The van der Waals surface area contributed by atoms with Crippen LogP contribution < -0.4 is 5.32 Å². The first-order valence-corrected chi connectivity index (χ1v) is 8.05. The van der Waals surface area contributed by atoms with Gasteiger partial charge in [-0.25, -0.2) is 4.79 Å². The second-order valence-electron chi connectivity index (χ2n) is 6.03. The van der Waals surface area contributed by atoms with Gasteiger partial charge in [0, 0.05) is 11.2 Å². The van der Waals surface area contributed by atoms with Crippen LogP contribution in [0.3, 0.4) is 0 Å². The van der Waals surface area contributed by atoms with Gasteiger partial charge in [-0.2, -0.15) is 0 Å². The molecular weight excluding hydrogens is 282 g/mol. The normalized spacial score (nSPS) is 20.3. The topological polar surface area (TPSA) is 49.3 Å². The number of nitrogens with one attached hydrogen (secondary N) is 1. The Kier molecular flexibility index (Phi) is 3.49. The highest BCUT2D eigenvalue weighted by Gasteiger charge is 2.40. The van der Waals surface area contributed by atoms with Gasteiger partial charge in [0.05, 0.1) is 0 Å². The molecular formula is C17H19NO2S. The van der Waals surface area contributed by atoms with E-state index in [4.69, 9.17) is 0 Å². The van der Waals surface area contributed by atoms with Crippen LogP contribution in [0, 0.1) is 5.92 Å². The summed E-state index contributed by atoms with van der Waals surface area (Å²) in [5, 5.41) is 14.8. The number of para-hydroxylation sites is 1. The fraction of sp³-hybridized carbons (Fsp3) is 0.353. The zero-order valence-corrected chi connectivity index (χ0v) is 13.0. The molecule has 0 amide bonds. The van der Waals surface area contributed by atoms with Crippen LogP contribution in [0.2, 0.25) is 0 Å². The second-order valence-corrected chi connectivity index (χ2v) is 6.94. The molecule has 1 aliphatic rings. The van der Waals surface area contributed by atoms with E-state index in [0.717, 1.165) is 18.4 Å². The molecule has 0 bridgehead atoms. The van der Waals surface area contributed by atoms with E-state index in [1.807, 2.05) is 17.5 Å². The van der Waals surface area contributed by atoms with Crippen molar-refractivity contribution < 1.29 is 9.90 Å². The summed E-state index contributed by atoms with van der Waals surface area (Å²) in [4.78, 5) is 11.8. The quantitative estimate of drug-likeness (QED) is 0.895. The Morgan fingerprint density at radius 1 is 1.38 bits per heavy atom. The van der Waals surface area contributed by atoms with Crippen LogP contribution in [-0.4, -0.2) is 16.6 Å². The molecule has 1 aromatic heterocycles. The van der Waals surface area contributed by atoms with E-state index in [9.17, 15) is 9.90 Å². The van der Waals surface area contributed by atoms with Crippen molar-refractivity contribution in [1.29, 1.82) is 0 Å². The number of thiophene rings is 1. The Hall–Kier alpha value is -1.81. The molecule has 0 spiro atoms. The van der Waals surface area contributed by atoms with Crippen LogP contribution in [0.15, 0.2) is 35.7 Å². The molecule has 3 nitrogen and oxygen atoms in total. The summed E-state index contributed by atoms with van der Waals surface area (Å²) < 4.78 is 0. The van der Waals surface area contributed by atoms with Crippen molar-refractivity contribution in [3.05, 3.63) is 51.7 Å². The first-order valence-electron chi connectivity index (χ1n) is 7.17. The van der Waals surface area contributed by atoms with E-state index in [-0.39, 0.29) is 5.54 Å². The number of aromatic carboxylic acids is 1. The van der Waals surface area contributed by atoms with Gasteiger partial charge >= 0.3 is 5.97 Å². The number of anilines is 1. The van der Waals surface area contributed by atoms with Crippen molar-refractivity contribution in [2.75, 3.05) is 5.32 Å². The SMILES string of the molecule is CC(C)C1(Cc2ccsc2C(=O)O)Cc2ccccc2N1. The molecule has 0 fully saturated rings. The van der Waals surface area contributed by atoms with Gasteiger partial charge in [-0.1, -0.05) is 32.0 Å². The number of benzene rings is 1. The lowest BCUT2D eigenvalue weighted by molar-refractivity contribution is 0.0700. The Morgan fingerprint density at radius 3 is 2.81 bits per heavy atom. The maximum absolute atomic E-state index is 11.3. The maximum atomic E-state index is 11.3. The standard InChI is InChI=1S/C17H19NO2S/c1-11(2)17(9-12-5-3-4-6-14(12)18-17)10-13-7-8-21-15(13)16(19)20/h3-8,11,18H,9-10H2,1-2H3,(H,19,20). The molecule has 4 heteroatoms. The van der Waals surface area contributed by atoms with E-state index in [2.05, 4.69) is 37.4 Å². The lowest BCUT2D eigenvalue weighted by Gasteiger charge is -2.34. The number of rotatable bonds is 4. The van der Waals surface area contributed by atoms with Crippen molar-refractivity contribution in [1.82, 2.24) is 0 Å². The average Bonchev–Trinajstić information content (AvgIpc) is 3.03. The predicted octanol–water partition coefficient (Wildman–Crippen LogP) is 4.05. The van der Waals surface area contributed by atoms with Crippen molar-refractivity contribution in [2.24, 2.45) is 5.92 Å². The smallest absolute Gasteiger partial charge is 0.346 e. The van der Waals surface area contributed by atoms with Gasteiger partial charge in [-0.15, -0.1) is 11.3 Å². The third-order valence-corrected chi connectivity index (χ3v) is 5.40. The number of hydrogen-bond donors (Lipinski definition) is 2. The van der Waals surface area contributed by atoms with Gasteiger partial charge in [0.25, 0.3) is 0 Å². The van der Waals surface area contributed by atoms with Crippen molar-refractivity contribution in [2.45, 2.75) is 32.2 Å². The summed E-state index contributed by atoms with van der Waals surface area (Å²) >= 11 is 1.31. The fourth-order valence-corrected chi connectivity index (χ4v) is 3.87. The van der Waals surface area contributed by atoms with Crippen molar-refractivity contribution in [3.63, 3.8) is 0 Å². The van der Waals surface area contributed by atoms with Crippen LogP contribution >= 0.6 is 11.3 Å². The number of carboxylic acid groups (broad SMARTS) is 1. The van der Waals surface area contributed by atoms with Crippen LogP contribution in [0.25, 0.3) is 0 Å². The summed E-state index contributed by atoms with van der Waals surface area (Å²) in [7, 11) is 0. The fourth-order valence-electron chi connectivity index (χ4n) is 3.11. The number of fused-ring (bicyclic) bond motifs is 1. The molecule has 1 aliphatic heterocycles. The highest BCUT2D eigenvalue weighted by atomic mass is 32.1. The number of carboxylic acids is 1. The largest absolute Gasteiger partial charge is 0.477 e. The van der Waals surface area contributed by atoms with Gasteiger partial charge in [0.2, 0.25) is 0 Å². The highest BCUT2D eigenvalue weighted by Crippen LogP contribution is 2.40. The van der Waals surface area contributed by atoms with Crippen molar-refractivity contribution >= 4 is 23.0 Å². The van der Waals surface area contributed by atoms with E-state index < -0.39 is 5.97 Å². The monoisotopic (exact) mass is 301 g/mol. The van der Waals surface area contributed by atoms with Crippen LogP contribution in [0.1, 0.15) is 34.6 Å². The highest BCUT2D eigenvalue weighted by molar-refractivity contribution is 7.12. The summed E-state index contributed by atoms with van der Waals surface area (Å²) in [5.41, 5.74) is 3.33. The molecule has 0 saturated carbocycles. The molecule has 110 valence electrons. The van der Waals surface area contributed by atoms with Crippen molar-refractivity contribution in [3.8, 4) is 0 Å². The van der Waals surface area contributed by atoms with Crippen LogP contribution in [0.5, 0.6) is 0 Å². The molecule has 1 atom stereocenters. The summed E-state index contributed by atoms with van der Waals surface area (Å²) in [6, 6.07) is 10.3.